The Balaban J connectivity index is 3.28. The smallest absolute Gasteiger partial charge is 0.404 e. The number of hydrogen-bond donors (Lipinski definition) is 1. The Morgan fingerprint density at radius 2 is 2.00 bits per heavy atom. The van der Waals surface area contributed by atoms with Gasteiger partial charge in [-0.1, -0.05) is 12.1 Å². The largest absolute Gasteiger partial charge is 0.497 e. The zero-order chi connectivity index (χ0) is 13.3. The number of rotatable bonds is 3. The van der Waals surface area contributed by atoms with E-state index in [4.69, 9.17) is 4.74 Å². The first-order chi connectivity index (χ1) is 7.66. The Hall–Kier alpha value is -1.00. The predicted molar refractivity (Wildman–Crippen MR) is 57.5 cm³/mol. The molecule has 17 heavy (non-hydrogen) atoms. The summed E-state index contributed by atoms with van der Waals surface area (Å²) in [4.78, 5) is 9.22. The third-order valence-corrected chi connectivity index (χ3v) is 3.75. The summed E-state index contributed by atoms with van der Waals surface area (Å²) < 4.78 is 54.4. The van der Waals surface area contributed by atoms with Gasteiger partial charge in [0.2, 0.25) is 7.37 Å². The maximum Gasteiger partial charge on any atom is 0.404 e. The lowest BCUT2D eigenvalue weighted by atomic mass is 10.1. The van der Waals surface area contributed by atoms with Crippen molar-refractivity contribution in [2.24, 2.45) is 0 Å². The van der Waals surface area contributed by atoms with Gasteiger partial charge in [-0.15, -0.1) is 0 Å². The molecule has 7 heteroatoms. The predicted octanol–water partition coefficient (Wildman–Crippen LogP) is 3.20. The van der Waals surface area contributed by atoms with Gasteiger partial charge in [0.05, 0.1) is 7.11 Å². The van der Waals surface area contributed by atoms with Crippen molar-refractivity contribution in [2.75, 3.05) is 13.8 Å². The molecule has 3 nitrogen and oxygen atoms in total. The number of ether oxygens (including phenoxy) is 1. The third kappa shape index (κ3) is 3.48. The van der Waals surface area contributed by atoms with Crippen molar-refractivity contribution in [3.63, 3.8) is 0 Å². The van der Waals surface area contributed by atoms with Crippen molar-refractivity contribution in [2.45, 2.75) is 11.8 Å². The molecule has 1 unspecified atom stereocenters. The molecule has 0 saturated heterocycles. The maximum atomic E-state index is 12.8. The fourth-order valence-electron chi connectivity index (χ4n) is 1.55. The number of hydrogen-bond acceptors (Lipinski definition) is 2. The highest BCUT2D eigenvalue weighted by Gasteiger charge is 2.49. The van der Waals surface area contributed by atoms with Crippen LogP contribution in [0.2, 0.25) is 0 Å². The van der Waals surface area contributed by atoms with E-state index < -0.39 is 19.2 Å². The van der Waals surface area contributed by atoms with Crippen LogP contribution in [0.1, 0.15) is 11.2 Å². The van der Waals surface area contributed by atoms with Crippen LogP contribution in [0.25, 0.3) is 0 Å². The molecule has 1 N–H and O–H groups in total. The first-order valence-electron chi connectivity index (χ1n) is 4.67. The fourth-order valence-corrected chi connectivity index (χ4v) is 2.81. The topological polar surface area (TPSA) is 46.5 Å². The summed E-state index contributed by atoms with van der Waals surface area (Å²) in [7, 11) is -3.02. The number of benzene rings is 1. The molecule has 0 aliphatic rings. The van der Waals surface area contributed by atoms with E-state index in [1.54, 1.807) is 0 Å². The lowest BCUT2D eigenvalue weighted by Crippen LogP contribution is -2.20. The van der Waals surface area contributed by atoms with Gasteiger partial charge in [0, 0.05) is 6.66 Å². The lowest BCUT2D eigenvalue weighted by molar-refractivity contribution is -0.133. The second kappa shape index (κ2) is 4.70. The molecule has 1 aromatic carbocycles. The van der Waals surface area contributed by atoms with Crippen molar-refractivity contribution in [3.05, 3.63) is 29.8 Å². The fraction of sp³-hybridized carbons (Fsp3) is 0.400. The summed E-state index contributed by atoms with van der Waals surface area (Å²) in [5.74, 6) is 0.213. The molecule has 96 valence electrons. The number of methoxy groups -OCH3 is 1. The zero-order valence-electron chi connectivity index (χ0n) is 9.23. The zero-order valence-corrected chi connectivity index (χ0v) is 10.1. The Morgan fingerprint density at radius 1 is 1.41 bits per heavy atom. The molecule has 0 aliphatic heterocycles. The van der Waals surface area contributed by atoms with Crippen molar-refractivity contribution in [1.29, 1.82) is 0 Å². The van der Waals surface area contributed by atoms with Crippen LogP contribution in [0.15, 0.2) is 24.3 Å². The van der Waals surface area contributed by atoms with Crippen LogP contribution < -0.4 is 4.74 Å². The monoisotopic (exact) mass is 268 g/mol. The quantitative estimate of drug-likeness (QED) is 0.856. The van der Waals surface area contributed by atoms with Gasteiger partial charge in [0.1, 0.15) is 5.75 Å². The van der Waals surface area contributed by atoms with E-state index in [2.05, 4.69) is 0 Å². The maximum absolute atomic E-state index is 12.8. The van der Waals surface area contributed by atoms with Crippen LogP contribution in [0.3, 0.4) is 0 Å². The van der Waals surface area contributed by atoms with E-state index in [1.165, 1.54) is 19.2 Å². The minimum atomic E-state index is -4.77. The highest BCUT2D eigenvalue weighted by atomic mass is 31.2. The van der Waals surface area contributed by atoms with Crippen LogP contribution >= 0.6 is 7.37 Å². The summed E-state index contributed by atoms with van der Waals surface area (Å²) >= 11 is 0. The number of halogens is 3. The third-order valence-electron chi connectivity index (χ3n) is 2.20. The summed E-state index contributed by atoms with van der Waals surface area (Å²) in [6.07, 6.45) is -4.77. The summed E-state index contributed by atoms with van der Waals surface area (Å²) in [5.41, 5.74) is -2.66. The van der Waals surface area contributed by atoms with E-state index >= 15 is 0 Å². The second-order valence-electron chi connectivity index (χ2n) is 3.66. The Labute approximate surface area is 96.7 Å². The van der Waals surface area contributed by atoms with Gasteiger partial charge in [0.15, 0.2) is 5.66 Å². The van der Waals surface area contributed by atoms with Gasteiger partial charge in [-0.05, 0) is 17.7 Å². The lowest BCUT2D eigenvalue weighted by Gasteiger charge is -2.23. The molecule has 0 aliphatic carbocycles. The van der Waals surface area contributed by atoms with Gasteiger partial charge in [-0.2, -0.15) is 13.2 Å². The standard InChI is InChI=1S/C10H12F3O3P/c1-16-8-5-3-4-7(6-8)9(10(11,12)13)17(2,14)15/h3-6,9H,1-2H3,(H,14,15)/t9-/m1/s1. The molecule has 1 aromatic rings. The van der Waals surface area contributed by atoms with Gasteiger partial charge in [-0.3, -0.25) is 4.57 Å². The van der Waals surface area contributed by atoms with Crippen LogP contribution in [0, 0.1) is 0 Å². The molecular formula is C10H12F3O3P. The van der Waals surface area contributed by atoms with Gasteiger partial charge < -0.3 is 9.63 Å². The molecule has 1 rings (SSSR count). The molecule has 0 spiro atoms. The molecule has 0 saturated carbocycles. The highest BCUT2D eigenvalue weighted by molar-refractivity contribution is 7.57. The molecule has 0 aromatic heterocycles. The molecule has 0 radical (unpaired) electrons. The van der Waals surface area contributed by atoms with Crippen LogP contribution in [-0.4, -0.2) is 24.8 Å². The van der Waals surface area contributed by atoms with Gasteiger partial charge in [0.25, 0.3) is 0 Å². The van der Waals surface area contributed by atoms with E-state index in [1.807, 2.05) is 0 Å². The molecule has 0 fully saturated rings. The molecule has 2 atom stereocenters. The minimum absolute atomic E-state index is 0.213. The van der Waals surface area contributed by atoms with Crippen molar-refractivity contribution in [1.82, 2.24) is 0 Å². The summed E-state index contributed by atoms with van der Waals surface area (Å²) in [6, 6.07) is 5.09. The van der Waals surface area contributed by atoms with Gasteiger partial charge >= 0.3 is 6.18 Å². The highest BCUT2D eigenvalue weighted by Crippen LogP contribution is 2.60. The molecule has 0 amide bonds. The molecule has 0 bridgehead atoms. The number of alkyl halides is 3. The Bertz CT molecular complexity index is 439. The normalized spacial score (nSPS) is 17.3. The minimum Gasteiger partial charge on any atom is -0.497 e. The summed E-state index contributed by atoms with van der Waals surface area (Å²) in [5, 5.41) is 0. The average Bonchev–Trinajstić information content (AvgIpc) is 2.13. The Kier molecular flexibility index (Phi) is 3.89. The SMILES string of the molecule is COc1cccc([C@H](C(F)(F)F)P(C)(=O)O)c1. The van der Waals surface area contributed by atoms with Crippen molar-refractivity contribution >= 4 is 7.37 Å². The van der Waals surface area contributed by atoms with E-state index in [-0.39, 0.29) is 11.3 Å². The molecule has 0 heterocycles. The first-order valence-corrected chi connectivity index (χ1v) is 6.84. The summed E-state index contributed by atoms with van der Waals surface area (Å²) in [6.45, 7) is 0.699. The van der Waals surface area contributed by atoms with Crippen LogP contribution in [-0.2, 0) is 4.57 Å². The average molecular weight is 268 g/mol. The van der Waals surface area contributed by atoms with E-state index in [0.29, 0.717) is 6.66 Å². The molecular weight excluding hydrogens is 256 g/mol. The van der Waals surface area contributed by atoms with Crippen LogP contribution in [0.5, 0.6) is 5.75 Å². The van der Waals surface area contributed by atoms with E-state index in [9.17, 15) is 22.6 Å². The van der Waals surface area contributed by atoms with Gasteiger partial charge in [-0.25, -0.2) is 0 Å². The van der Waals surface area contributed by atoms with Crippen molar-refractivity contribution < 1.29 is 27.4 Å². The first kappa shape index (κ1) is 14.1. The Morgan fingerprint density at radius 3 is 2.41 bits per heavy atom. The van der Waals surface area contributed by atoms with Crippen molar-refractivity contribution in [3.8, 4) is 5.75 Å². The second-order valence-corrected chi connectivity index (χ2v) is 6.07. The van der Waals surface area contributed by atoms with Crippen LogP contribution in [0.4, 0.5) is 13.2 Å². The van der Waals surface area contributed by atoms with E-state index in [0.717, 1.165) is 12.1 Å².